The molecule has 2 aliphatic rings. The van der Waals surface area contributed by atoms with Crippen LogP contribution >= 0.6 is 0 Å². The number of amides is 1. The van der Waals surface area contributed by atoms with Crippen molar-refractivity contribution in [3.8, 4) is 0 Å². The number of benzene rings is 1. The van der Waals surface area contributed by atoms with E-state index in [1.54, 1.807) is 19.2 Å². The number of sulfonamides is 1. The third-order valence-electron chi connectivity index (χ3n) is 6.31. The second-order valence-corrected chi connectivity index (χ2v) is 10.2. The molecule has 1 aromatic rings. The number of aliphatic carboxylic acids is 1. The lowest BCUT2D eigenvalue weighted by atomic mass is 9.78. The van der Waals surface area contributed by atoms with E-state index in [0.717, 1.165) is 44.9 Å². The maximum Gasteiger partial charge on any atom is 0.307 e. The molecule has 160 valence electrons. The van der Waals surface area contributed by atoms with E-state index in [2.05, 4.69) is 5.32 Å². The third kappa shape index (κ3) is 4.98. The van der Waals surface area contributed by atoms with Crippen molar-refractivity contribution < 1.29 is 23.1 Å². The summed E-state index contributed by atoms with van der Waals surface area (Å²) in [4.78, 5) is 24.2. The SMILES string of the molecule is CN(C1CCCCC1)S(=O)(=O)c1ccc(NC(=O)[C@@H]2CCCC[C@H]2C(=O)O)cc1. The minimum atomic E-state index is -3.58. The summed E-state index contributed by atoms with van der Waals surface area (Å²) in [6.07, 6.45) is 7.75. The van der Waals surface area contributed by atoms with Crippen LogP contribution in [0.15, 0.2) is 29.2 Å². The van der Waals surface area contributed by atoms with Crippen LogP contribution in [0, 0.1) is 11.8 Å². The fraction of sp³-hybridized carbons (Fsp3) is 0.619. The summed E-state index contributed by atoms with van der Waals surface area (Å²) in [5.41, 5.74) is 0.476. The van der Waals surface area contributed by atoms with Crippen molar-refractivity contribution in [3.63, 3.8) is 0 Å². The van der Waals surface area contributed by atoms with E-state index in [-0.39, 0.29) is 16.8 Å². The van der Waals surface area contributed by atoms with Gasteiger partial charge in [-0.25, -0.2) is 8.42 Å². The minimum absolute atomic E-state index is 0.0346. The number of carboxylic acids is 1. The molecular weight excluding hydrogens is 392 g/mol. The van der Waals surface area contributed by atoms with Crippen molar-refractivity contribution in [3.05, 3.63) is 24.3 Å². The largest absolute Gasteiger partial charge is 0.481 e. The zero-order chi connectivity index (χ0) is 21.0. The van der Waals surface area contributed by atoms with Crippen LogP contribution in [0.25, 0.3) is 0 Å². The van der Waals surface area contributed by atoms with Gasteiger partial charge in [0, 0.05) is 18.8 Å². The highest BCUT2D eigenvalue weighted by Crippen LogP contribution is 2.32. The zero-order valence-electron chi connectivity index (χ0n) is 16.8. The molecule has 0 saturated heterocycles. The number of carbonyl (C=O) groups excluding carboxylic acids is 1. The van der Waals surface area contributed by atoms with Gasteiger partial charge in [-0.15, -0.1) is 0 Å². The summed E-state index contributed by atoms with van der Waals surface area (Å²) in [5, 5.41) is 12.1. The molecule has 2 aliphatic carbocycles. The zero-order valence-corrected chi connectivity index (χ0v) is 17.7. The molecule has 29 heavy (non-hydrogen) atoms. The summed E-state index contributed by atoms with van der Waals surface area (Å²) in [5.74, 6) is -2.46. The van der Waals surface area contributed by atoms with Gasteiger partial charge in [0.25, 0.3) is 0 Å². The second kappa shape index (κ2) is 9.26. The molecule has 0 bridgehead atoms. The Labute approximate surface area is 172 Å². The Bertz CT molecular complexity index is 831. The van der Waals surface area contributed by atoms with Crippen LogP contribution in [0.3, 0.4) is 0 Å². The van der Waals surface area contributed by atoms with Crippen LogP contribution in [0.2, 0.25) is 0 Å². The quantitative estimate of drug-likeness (QED) is 0.730. The number of anilines is 1. The van der Waals surface area contributed by atoms with E-state index in [1.807, 2.05) is 0 Å². The van der Waals surface area contributed by atoms with E-state index in [1.165, 1.54) is 16.4 Å². The molecule has 0 aromatic heterocycles. The number of nitrogens with zero attached hydrogens (tertiary/aromatic N) is 1. The third-order valence-corrected chi connectivity index (χ3v) is 8.23. The fourth-order valence-electron chi connectivity index (χ4n) is 4.49. The van der Waals surface area contributed by atoms with Gasteiger partial charge in [0.1, 0.15) is 0 Å². The first kappa shape index (κ1) is 21.8. The van der Waals surface area contributed by atoms with Gasteiger partial charge in [-0.2, -0.15) is 4.31 Å². The van der Waals surface area contributed by atoms with Gasteiger partial charge < -0.3 is 10.4 Å². The van der Waals surface area contributed by atoms with Crippen molar-refractivity contribution in [2.24, 2.45) is 11.8 Å². The standard InChI is InChI=1S/C21H30N2O5S/c1-23(16-7-3-2-4-8-16)29(27,28)17-13-11-15(12-14-17)22-20(24)18-9-5-6-10-19(18)21(25)26/h11-14,16,18-19H,2-10H2,1H3,(H,22,24)(H,25,26)/t18-,19-/m1/s1. The Hall–Kier alpha value is -1.93. The maximum atomic E-state index is 12.9. The molecule has 0 spiro atoms. The lowest BCUT2D eigenvalue weighted by molar-refractivity contribution is -0.147. The Balaban J connectivity index is 1.67. The molecule has 2 fully saturated rings. The monoisotopic (exact) mass is 422 g/mol. The first-order valence-corrected chi connectivity index (χ1v) is 11.9. The highest BCUT2D eigenvalue weighted by Gasteiger charge is 2.36. The van der Waals surface area contributed by atoms with E-state index < -0.39 is 27.8 Å². The van der Waals surface area contributed by atoms with Gasteiger partial charge in [-0.1, -0.05) is 32.1 Å². The smallest absolute Gasteiger partial charge is 0.307 e. The van der Waals surface area contributed by atoms with Crippen LogP contribution in [0.5, 0.6) is 0 Å². The molecule has 0 heterocycles. The number of carboxylic acid groups (broad SMARTS) is 1. The highest BCUT2D eigenvalue weighted by molar-refractivity contribution is 7.89. The van der Waals surface area contributed by atoms with Crippen LogP contribution < -0.4 is 5.32 Å². The molecule has 0 aliphatic heterocycles. The van der Waals surface area contributed by atoms with E-state index in [4.69, 9.17) is 0 Å². The summed E-state index contributed by atoms with van der Waals surface area (Å²) in [6, 6.07) is 6.17. The van der Waals surface area contributed by atoms with Gasteiger partial charge in [0.15, 0.2) is 0 Å². The van der Waals surface area contributed by atoms with Gasteiger partial charge in [0.05, 0.1) is 16.7 Å². The Morgan fingerprint density at radius 2 is 1.48 bits per heavy atom. The van der Waals surface area contributed by atoms with E-state index in [9.17, 15) is 23.1 Å². The molecule has 3 rings (SSSR count). The number of hydrogen-bond donors (Lipinski definition) is 2. The number of carbonyl (C=O) groups is 2. The predicted octanol–water partition coefficient (Wildman–Crippen LogP) is 3.47. The number of nitrogens with one attached hydrogen (secondary N) is 1. The molecule has 2 saturated carbocycles. The van der Waals surface area contributed by atoms with Crippen molar-refractivity contribution in [1.29, 1.82) is 0 Å². The summed E-state index contributed by atoms with van der Waals surface area (Å²) >= 11 is 0. The highest BCUT2D eigenvalue weighted by atomic mass is 32.2. The van der Waals surface area contributed by atoms with Crippen LogP contribution in [0.1, 0.15) is 57.8 Å². The van der Waals surface area contributed by atoms with Gasteiger partial charge >= 0.3 is 5.97 Å². The van der Waals surface area contributed by atoms with Crippen molar-refractivity contribution in [2.45, 2.75) is 68.7 Å². The van der Waals surface area contributed by atoms with E-state index >= 15 is 0 Å². The van der Waals surface area contributed by atoms with Crippen LogP contribution in [0.4, 0.5) is 5.69 Å². The van der Waals surface area contributed by atoms with Crippen molar-refractivity contribution in [1.82, 2.24) is 4.31 Å². The Morgan fingerprint density at radius 3 is 2.07 bits per heavy atom. The second-order valence-electron chi connectivity index (χ2n) is 8.16. The average molecular weight is 423 g/mol. The summed E-state index contributed by atoms with van der Waals surface area (Å²) in [7, 11) is -1.95. The number of hydrogen-bond acceptors (Lipinski definition) is 4. The Kier molecular flexibility index (Phi) is 6.95. The number of rotatable bonds is 6. The molecule has 7 nitrogen and oxygen atoms in total. The lowest BCUT2D eigenvalue weighted by Gasteiger charge is -2.30. The van der Waals surface area contributed by atoms with Crippen LogP contribution in [-0.4, -0.2) is 42.8 Å². The molecule has 2 atom stereocenters. The van der Waals surface area contributed by atoms with Crippen molar-refractivity contribution in [2.75, 3.05) is 12.4 Å². The molecule has 1 amide bonds. The average Bonchev–Trinajstić information content (AvgIpc) is 2.74. The molecule has 1 aromatic carbocycles. The van der Waals surface area contributed by atoms with Crippen molar-refractivity contribution >= 4 is 27.6 Å². The van der Waals surface area contributed by atoms with E-state index in [0.29, 0.717) is 18.5 Å². The maximum absolute atomic E-state index is 12.9. The molecular formula is C21H30N2O5S. The lowest BCUT2D eigenvalue weighted by Crippen LogP contribution is -2.38. The molecule has 2 N–H and O–H groups in total. The van der Waals surface area contributed by atoms with Gasteiger partial charge in [-0.3, -0.25) is 9.59 Å². The van der Waals surface area contributed by atoms with Crippen LogP contribution in [-0.2, 0) is 19.6 Å². The first-order chi connectivity index (χ1) is 13.8. The van der Waals surface area contributed by atoms with Gasteiger partial charge in [-0.05, 0) is 49.9 Å². The summed E-state index contributed by atoms with van der Waals surface area (Å²) in [6.45, 7) is 0. The summed E-state index contributed by atoms with van der Waals surface area (Å²) < 4.78 is 27.3. The predicted molar refractivity (Wildman–Crippen MR) is 110 cm³/mol. The Morgan fingerprint density at radius 1 is 0.931 bits per heavy atom. The first-order valence-electron chi connectivity index (χ1n) is 10.4. The van der Waals surface area contributed by atoms with Gasteiger partial charge in [0.2, 0.25) is 15.9 Å². The fourth-order valence-corrected chi connectivity index (χ4v) is 5.91. The molecule has 8 heteroatoms. The minimum Gasteiger partial charge on any atom is -0.481 e. The topological polar surface area (TPSA) is 104 Å². The molecule has 0 radical (unpaired) electrons. The normalized spacial score (nSPS) is 23.7. The molecule has 0 unspecified atom stereocenters.